The summed E-state index contributed by atoms with van der Waals surface area (Å²) in [5, 5.41) is 2.48. The second-order valence-electron chi connectivity index (χ2n) is 8.66. The van der Waals surface area contributed by atoms with E-state index < -0.39 is 0 Å². The Kier molecular flexibility index (Phi) is 3.80. The van der Waals surface area contributed by atoms with E-state index in [1.807, 2.05) is 17.6 Å². The molecule has 0 N–H and O–H groups in total. The van der Waals surface area contributed by atoms with Crippen LogP contribution in [0.15, 0.2) is 16.9 Å². The van der Waals surface area contributed by atoms with Gasteiger partial charge in [0.05, 0.1) is 34.9 Å². The van der Waals surface area contributed by atoms with Gasteiger partial charge in [0.2, 0.25) is 0 Å². The minimum atomic E-state index is -0.372. The molecule has 3 aromatic rings. The van der Waals surface area contributed by atoms with Crippen LogP contribution >= 0.6 is 9.24 Å². The molecule has 0 spiro atoms. The van der Waals surface area contributed by atoms with Crippen molar-refractivity contribution in [1.29, 1.82) is 0 Å². The molecular formula is C24H23N2O3P. The largest absolute Gasteiger partial charge is 0.460 e. The van der Waals surface area contributed by atoms with Gasteiger partial charge in [-0.3, -0.25) is 9.59 Å². The van der Waals surface area contributed by atoms with E-state index in [9.17, 15) is 9.59 Å². The zero-order valence-electron chi connectivity index (χ0n) is 17.2. The van der Waals surface area contributed by atoms with Crippen molar-refractivity contribution in [1.82, 2.24) is 9.55 Å². The van der Waals surface area contributed by atoms with Crippen molar-refractivity contribution in [3.8, 4) is 11.4 Å². The van der Waals surface area contributed by atoms with E-state index in [4.69, 9.17) is 9.72 Å². The number of ether oxygens (including phenoxy) is 1. The summed E-state index contributed by atoms with van der Waals surface area (Å²) in [5.74, 6) is -0.606. The summed E-state index contributed by atoms with van der Waals surface area (Å²) < 4.78 is 7.15. The van der Waals surface area contributed by atoms with Crippen LogP contribution in [0.2, 0.25) is 0 Å². The number of carbonyl (C=O) groups is 1. The third-order valence-electron chi connectivity index (χ3n) is 7.19. The Morgan fingerprint density at radius 1 is 1.17 bits per heavy atom. The molecule has 2 aliphatic heterocycles. The molecule has 1 aromatic carbocycles. The highest BCUT2D eigenvalue weighted by Crippen LogP contribution is 2.41. The first-order valence-corrected chi connectivity index (χ1v) is 11.2. The number of aromatic nitrogens is 2. The molecule has 0 bridgehead atoms. The van der Waals surface area contributed by atoms with Crippen molar-refractivity contribution in [2.75, 3.05) is 0 Å². The third kappa shape index (κ3) is 2.24. The van der Waals surface area contributed by atoms with E-state index in [2.05, 4.69) is 22.2 Å². The Hall–Kier alpha value is -2.52. The fraction of sp³-hybridized carbons (Fsp3) is 0.375. The van der Waals surface area contributed by atoms with E-state index in [0.29, 0.717) is 18.5 Å². The summed E-state index contributed by atoms with van der Waals surface area (Å²) in [6, 6.07) is 4.18. The van der Waals surface area contributed by atoms with E-state index in [-0.39, 0.29) is 24.1 Å². The van der Waals surface area contributed by atoms with Gasteiger partial charge in [0.15, 0.2) is 0 Å². The van der Waals surface area contributed by atoms with Crippen LogP contribution in [0.4, 0.5) is 0 Å². The molecule has 0 amide bonds. The lowest BCUT2D eigenvalue weighted by molar-refractivity contribution is -0.148. The Balaban J connectivity index is 1.67. The molecule has 3 aliphatic rings. The minimum Gasteiger partial charge on any atom is -0.460 e. The van der Waals surface area contributed by atoms with Gasteiger partial charge < -0.3 is 9.30 Å². The van der Waals surface area contributed by atoms with Crippen molar-refractivity contribution in [2.45, 2.75) is 58.6 Å². The molecule has 0 saturated carbocycles. The number of hydrogen-bond donors (Lipinski definition) is 0. The van der Waals surface area contributed by atoms with E-state index in [0.717, 1.165) is 41.7 Å². The lowest BCUT2D eigenvalue weighted by Gasteiger charge is -2.24. The van der Waals surface area contributed by atoms with Gasteiger partial charge in [0.1, 0.15) is 6.61 Å². The first kappa shape index (κ1) is 18.3. The van der Waals surface area contributed by atoms with Gasteiger partial charge in [0, 0.05) is 10.9 Å². The Morgan fingerprint density at radius 2 is 1.97 bits per heavy atom. The lowest BCUT2D eigenvalue weighted by atomic mass is 9.85. The number of esters is 1. The first-order valence-electron chi connectivity index (χ1n) is 10.7. The summed E-state index contributed by atoms with van der Waals surface area (Å²) >= 11 is 0. The van der Waals surface area contributed by atoms with Gasteiger partial charge >= 0.3 is 5.97 Å². The van der Waals surface area contributed by atoms with E-state index >= 15 is 0 Å². The normalized spacial score (nSPS) is 18.8. The Morgan fingerprint density at radius 3 is 2.77 bits per heavy atom. The average Bonchev–Trinajstić information content (AvgIpc) is 3.11. The maximum absolute atomic E-state index is 13.4. The monoisotopic (exact) mass is 418 g/mol. The number of hydrogen-bond acceptors (Lipinski definition) is 4. The number of pyridine rings is 2. The van der Waals surface area contributed by atoms with Gasteiger partial charge in [-0.25, -0.2) is 4.98 Å². The van der Waals surface area contributed by atoms with Gasteiger partial charge in [-0.05, 0) is 72.3 Å². The van der Waals surface area contributed by atoms with E-state index in [1.165, 1.54) is 32.9 Å². The second-order valence-corrected chi connectivity index (χ2v) is 9.28. The molecule has 30 heavy (non-hydrogen) atoms. The topological polar surface area (TPSA) is 61.2 Å². The maximum atomic E-state index is 13.4. The molecule has 0 radical (unpaired) electrons. The van der Waals surface area contributed by atoms with Gasteiger partial charge in [-0.15, -0.1) is 9.24 Å². The number of nitrogens with zero attached hydrogens (tertiary/aromatic N) is 2. The van der Waals surface area contributed by atoms with Crippen molar-refractivity contribution >= 4 is 31.4 Å². The Labute approximate surface area is 176 Å². The van der Waals surface area contributed by atoms with Crippen molar-refractivity contribution in [3.05, 3.63) is 55.9 Å². The molecule has 2 atom stereocenters. The fourth-order valence-electron chi connectivity index (χ4n) is 5.60. The lowest BCUT2D eigenvalue weighted by Crippen LogP contribution is -2.32. The van der Waals surface area contributed by atoms with Crippen LogP contribution in [0.5, 0.6) is 0 Å². The maximum Gasteiger partial charge on any atom is 0.313 e. The average molecular weight is 418 g/mol. The van der Waals surface area contributed by atoms with Crippen LogP contribution in [0.1, 0.15) is 59.1 Å². The summed E-state index contributed by atoms with van der Waals surface area (Å²) in [6.45, 7) is 4.78. The zero-order chi connectivity index (χ0) is 20.7. The number of cyclic esters (lactones) is 1. The van der Waals surface area contributed by atoms with Crippen LogP contribution in [-0.4, -0.2) is 15.5 Å². The molecule has 2 aromatic heterocycles. The highest BCUT2D eigenvalue weighted by atomic mass is 31.0. The van der Waals surface area contributed by atoms with Crippen LogP contribution in [0.3, 0.4) is 0 Å². The van der Waals surface area contributed by atoms with Gasteiger partial charge in [-0.2, -0.15) is 0 Å². The second kappa shape index (κ2) is 6.24. The number of carbonyl (C=O) groups excluding carboxylic acids is 1. The first-order chi connectivity index (χ1) is 14.5. The molecule has 1 aliphatic carbocycles. The van der Waals surface area contributed by atoms with Crippen LogP contribution in [0, 0.1) is 6.92 Å². The predicted molar refractivity (Wildman–Crippen MR) is 119 cm³/mol. The molecular weight excluding hydrogens is 395 g/mol. The smallest absolute Gasteiger partial charge is 0.313 e. The number of benzene rings is 1. The summed E-state index contributed by atoms with van der Waals surface area (Å²) in [7, 11) is 2.84. The molecule has 0 fully saturated rings. The van der Waals surface area contributed by atoms with Crippen molar-refractivity contribution in [2.24, 2.45) is 0 Å². The molecule has 152 valence electrons. The molecule has 4 heterocycles. The molecule has 1 unspecified atom stereocenters. The van der Waals surface area contributed by atoms with Gasteiger partial charge in [0.25, 0.3) is 5.56 Å². The number of aryl methyl sites for hydroxylation is 2. The number of fused-ring (bicyclic) bond motifs is 5. The third-order valence-corrected chi connectivity index (χ3v) is 7.79. The predicted octanol–water partition coefficient (Wildman–Crippen LogP) is 3.27. The fourth-order valence-corrected chi connectivity index (χ4v) is 5.93. The van der Waals surface area contributed by atoms with Crippen LogP contribution in [0.25, 0.3) is 22.3 Å². The SMILES string of the molecule is CC[C@H]1C(=O)OCc2c1cc1n(c2=O)Cc2c-1nc1cc(P)c(C)c3c1c2CCC3. The molecule has 0 saturated heterocycles. The molecule has 5 nitrogen and oxygen atoms in total. The summed E-state index contributed by atoms with van der Waals surface area (Å²) in [6.07, 6.45) is 3.84. The zero-order valence-corrected chi connectivity index (χ0v) is 18.3. The Bertz CT molecular complexity index is 1360. The molecule has 6 rings (SSSR count). The summed E-state index contributed by atoms with van der Waals surface area (Å²) in [5.41, 5.74) is 9.45. The van der Waals surface area contributed by atoms with E-state index in [1.54, 1.807) is 0 Å². The highest BCUT2D eigenvalue weighted by Gasteiger charge is 2.35. The van der Waals surface area contributed by atoms with Crippen molar-refractivity contribution < 1.29 is 9.53 Å². The standard InChI is InChI=1S/C24H23N2O3P/c1-3-12-15-7-19-22-16(9-26(19)23(27)17(15)10-29-24(12)28)14-6-4-5-13-11(2)20(30)8-18(25-22)21(13)14/h7-8,12H,3-6,9-10,30H2,1-2H3/t12-/m1/s1. The molecule has 6 heteroatoms. The van der Waals surface area contributed by atoms with Gasteiger partial charge in [-0.1, -0.05) is 6.92 Å². The van der Waals surface area contributed by atoms with Crippen LogP contribution in [-0.2, 0) is 35.5 Å². The summed E-state index contributed by atoms with van der Waals surface area (Å²) in [4.78, 5) is 30.7. The minimum absolute atomic E-state index is 0.0401. The highest BCUT2D eigenvalue weighted by molar-refractivity contribution is 7.27. The quantitative estimate of drug-likeness (QED) is 0.352. The van der Waals surface area contributed by atoms with Crippen LogP contribution < -0.4 is 10.9 Å². The number of rotatable bonds is 1. The van der Waals surface area contributed by atoms with Crippen molar-refractivity contribution in [3.63, 3.8) is 0 Å².